The fourth-order valence-electron chi connectivity index (χ4n) is 3.12. The number of nitrogens with zero attached hydrogens (tertiary/aromatic N) is 1. The number of aromatic nitrogens is 1. The third kappa shape index (κ3) is 8.96. The van der Waals surface area contributed by atoms with Crippen molar-refractivity contribution in [3.05, 3.63) is 64.3 Å². The van der Waals surface area contributed by atoms with Gasteiger partial charge in [0.25, 0.3) is 0 Å². The SMILES string of the molecule is C[C@](N)(COP(=O)(O)O)c1ncc(-c2ccc(OCCCCOc3cccc(Cl)c3)c(C(F)(F)F)c2)s1. The lowest BCUT2D eigenvalue weighted by Gasteiger charge is -2.21. The second-order valence-electron chi connectivity index (χ2n) is 8.28. The zero-order chi connectivity index (χ0) is 27.3. The number of unbranched alkanes of at least 4 members (excludes halogenated alkanes) is 1. The molecule has 37 heavy (non-hydrogen) atoms. The number of thiazole rings is 1. The van der Waals surface area contributed by atoms with Gasteiger partial charge in [0.05, 0.1) is 35.8 Å². The summed E-state index contributed by atoms with van der Waals surface area (Å²) in [6.07, 6.45) is -2.27. The van der Waals surface area contributed by atoms with Gasteiger partial charge in [-0.25, -0.2) is 9.55 Å². The van der Waals surface area contributed by atoms with Crippen LogP contribution in [0.25, 0.3) is 10.4 Å². The van der Waals surface area contributed by atoms with Gasteiger partial charge in [-0.05, 0) is 61.7 Å². The van der Waals surface area contributed by atoms with Gasteiger partial charge in [0.2, 0.25) is 0 Å². The molecule has 0 aliphatic carbocycles. The fraction of sp³-hybridized carbons (Fsp3) is 0.348. The molecule has 3 aromatic rings. The summed E-state index contributed by atoms with van der Waals surface area (Å²) in [7, 11) is -4.75. The van der Waals surface area contributed by atoms with Crippen LogP contribution in [0.15, 0.2) is 48.7 Å². The van der Waals surface area contributed by atoms with E-state index in [-0.39, 0.29) is 22.9 Å². The number of phosphoric acid groups is 1. The first kappa shape index (κ1) is 29.4. The lowest BCUT2D eigenvalue weighted by Crippen LogP contribution is -2.37. The number of rotatable bonds is 12. The third-order valence-electron chi connectivity index (χ3n) is 4.96. The second-order valence-corrected chi connectivity index (χ2v) is 11.0. The molecule has 0 amide bonds. The lowest BCUT2D eigenvalue weighted by molar-refractivity contribution is -0.138. The molecule has 2 aromatic carbocycles. The quantitative estimate of drug-likeness (QED) is 0.176. The van der Waals surface area contributed by atoms with Gasteiger partial charge >= 0.3 is 14.0 Å². The standard InChI is InChI=1S/C23H25ClF3N2O6PS/c1-22(28,14-35-36(30,31)32)21-29-13-20(37-21)15-7-8-19(18(11-15)23(25,26)27)34-10-3-2-9-33-17-6-4-5-16(24)12-17/h4-8,11-13H,2-3,9-10,14,28H2,1H3,(H2,30,31,32)/t22-/m0/s1. The van der Waals surface area contributed by atoms with Crippen LogP contribution in [0.2, 0.25) is 5.02 Å². The zero-order valence-corrected chi connectivity index (χ0v) is 22.0. The number of ether oxygens (including phenoxy) is 2. The predicted octanol–water partition coefficient (Wildman–Crippen LogP) is 6.00. The Balaban J connectivity index is 1.63. The topological polar surface area (TPSA) is 124 Å². The molecule has 8 nitrogen and oxygen atoms in total. The second kappa shape index (κ2) is 12.1. The summed E-state index contributed by atoms with van der Waals surface area (Å²) in [4.78, 5) is 22.3. The van der Waals surface area contributed by atoms with Gasteiger partial charge in [0.1, 0.15) is 16.5 Å². The van der Waals surface area contributed by atoms with Gasteiger partial charge in [0, 0.05) is 11.2 Å². The van der Waals surface area contributed by atoms with E-state index in [1.807, 2.05) is 0 Å². The van der Waals surface area contributed by atoms with Crippen LogP contribution < -0.4 is 15.2 Å². The van der Waals surface area contributed by atoms with E-state index >= 15 is 0 Å². The van der Waals surface area contributed by atoms with Crippen molar-refractivity contribution in [3.8, 4) is 21.9 Å². The van der Waals surface area contributed by atoms with Crippen LogP contribution in [0.1, 0.15) is 30.3 Å². The van der Waals surface area contributed by atoms with E-state index in [2.05, 4.69) is 9.51 Å². The van der Waals surface area contributed by atoms with Gasteiger partial charge in [-0.2, -0.15) is 13.2 Å². The molecule has 0 saturated carbocycles. The highest BCUT2D eigenvalue weighted by molar-refractivity contribution is 7.46. The normalized spacial score (nSPS) is 13.8. The number of hydrogen-bond acceptors (Lipinski definition) is 7. The molecule has 4 N–H and O–H groups in total. The number of halogens is 4. The summed E-state index contributed by atoms with van der Waals surface area (Å²) >= 11 is 6.89. The van der Waals surface area contributed by atoms with Crippen LogP contribution in [0.4, 0.5) is 13.2 Å². The van der Waals surface area contributed by atoms with Gasteiger partial charge in [-0.3, -0.25) is 4.52 Å². The molecule has 0 aliphatic heterocycles. The molecule has 0 radical (unpaired) electrons. The monoisotopic (exact) mass is 580 g/mol. The Morgan fingerprint density at radius 2 is 1.81 bits per heavy atom. The molecule has 3 rings (SSSR count). The van der Waals surface area contributed by atoms with Gasteiger partial charge in [0.15, 0.2) is 0 Å². The molecule has 0 aliphatic rings. The van der Waals surface area contributed by atoms with Crippen LogP contribution in [0.3, 0.4) is 0 Å². The number of hydrogen-bond donors (Lipinski definition) is 3. The van der Waals surface area contributed by atoms with Gasteiger partial charge in [-0.1, -0.05) is 17.7 Å². The van der Waals surface area contributed by atoms with Gasteiger partial charge < -0.3 is 25.0 Å². The predicted molar refractivity (Wildman–Crippen MR) is 134 cm³/mol. The van der Waals surface area contributed by atoms with Crippen molar-refractivity contribution < 1.29 is 41.5 Å². The average molecular weight is 581 g/mol. The Kier molecular flexibility index (Phi) is 9.62. The largest absolute Gasteiger partial charge is 0.494 e. The van der Waals surface area contributed by atoms with Crippen LogP contribution in [0, 0.1) is 0 Å². The summed E-state index contributed by atoms with van der Waals surface area (Å²) < 4.78 is 67.7. The van der Waals surface area contributed by atoms with Crippen LogP contribution in [-0.2, 0) is 20.8 Å². The highest BCUT2D eigenvalue weighted by Gasteiger charge is 2.35. The molecular weight excluding hydrogens is 556 g/mol. The lowest BCUT2D eigenvalue weighted by atomic mass is 10.1. The van der Waals surface area contributed by atoms with E-state index in [0.29, 0.717) is 35.1 Å². The Morgan fingerprint density at radius 1 is 1.11 bits per heavy atom. The molecule has 1 atom stereocenters. The Morgan fingerprint density at radius 3 is 2.46 bits per heavy atom. The van der Waals surface area contributed by atoms with Crippen molar-refractivity contribution in [2.24, 2.45) is 5.73 Å². The molecule has 1 heterocycles. The maximum atomic E-state index is 13.8. The Labute approximate surface area is 220 Å². The number of alkyl halides is 3. The van der Waals surface area contributed by atoms with Crippen molar-refractivity contribution in [2.75, 3.05) is 19.8 Å². The summed E-state index contributed by atoms with van der Waals surface area (Å²) in [6.45, 7) is 1.34. The Bertz CT molecular complexity index is 1250. The fourth-order valence-corrected chi connectivity index (χ4v) is 4.69. The molecule has 0 spiro atoms. The minimum Gasteiger partial charge on any atom is -0.494 e. The number of phosphoric ester groups is 1. The smallest absolute Gasteiger partial charge is 0.469 e. The molecule has 0 bridgehead atoms. The van der Waals surface area contributed by atoms with E-state index < -0.39 is 31.7 Å². The number of nitrogens with two attached hydrogens (primary N) is 1. The molecule has 202 valence electrons. The first-order valence-corrected chi connectivity index (χ1v) is 13.7. The van der Waals surface area contributed by atoms with E-state index in [9.17, 15) is 17.7 Å². The summed E-state index contributed by atoms with van der Waals surface area (Å²) in [5.41, 5.74) is 4.00. The molecule has 0 fully saturated rings. The summed E-state index contributed by atoms with van der Waals surface area (Å²) in [5, 5.41) is 0.786. The van der Waals surface area contributed by atoms with Crippen molar-refractivity contribution in [1.29, 1.82) is 0 Å². The van der Waals surface area contributed by atoms with Crippen molar-refractivity contribution in [1.82, 2.24) is 4.98 Å². The van der Waals surface area contributed by atoms with Crippen molar-refractivity contribution in [3.63, 3.8) is 0 Å². The third-order valence-corrected chi connectivity index (χ3v) is 6.98. The highest BCUT2D eigenvalue weighted by Crippen LogP contribution is 2.42. The van der Waals surface area contributed by atoms with Crippen LogP contribution >= 0.6 is 30.8 Å². The maximum absolute atomic E-state index is 13.8. The van der Waals surface area contributed by atoms with E-state index in [0.717, 1.165) is 17.4 Å². The summed E-state index contributed by atoms with van der Waals surface area (Å²) in [5.74, 6) is 0.314. The number of benzene rings is 2. The molecule has 1 aromatic heterocycles. The van der Waals surface area contributed by atoms with E-state index in [1.54, 1.807) is 24.3 Å². The first-order chi connectivity index (χ1) is 17.2. The minimum atomic E-state index is -4.75. The van der Waals surface area contributed by atoms with Crippen molar-refractivity contribution in [2.45, 2.75) is 31.5 Å². The van der Waals surface area contributed by atoms with E-state index in [4.69, 9.17) is 36.6 Å². The van der Waals surface area contributed by atoms with Crippen molar-refractivity contribution >= 4 is 30.8 Å². The van der Waals surface area contributed by atoms with E-state index in [1.165, 1.54) is 25.3 Å². The molecule has 14 heteroatoms. The zero-order valence-electron chi connectivity index (χ0n) is 19.6. The highest BCUT2D eigenvalue weighted by atomic mass is 35.5. The summed E-state index contributed by atoms with van der Waals surface area (Å²) in [6, 6.07) is 10.6. The maximum Gasteiger partial charge on any atom is 0.469 e. The van der Waals surface area contributed by atoms with Crippen LogP contribution in [-0.4, -0.2) is 34.6 Å². The molecule has 0 saturated heterocycles. The first-order valence-electron chi connectivity index (χ1n) is 10.9. The minimum absolute atomic E-state index is 0.0666. The molecule has 0 unspecified atom stereocenters. The van der Waals surface area contributed by atoms with Crippen LogP contribution in [0.5, 0.6) is 11.5 Å². The molecular formula is C23H25ClF3N2O6PS. The average Bonchev–Trinajstić information content (AvgIpc) is 3.31. The Hall–Kier alpha value is -2.18. The van der Waals surface area contributed by atoms with Gasteiger partial charge in [-0.15, -0.1) is 11.3 Å².